The molecule has 0 radical (unpaired) electrons. The monoisotopic (exact) mass is 345 g/mol. The second-order valence-corrected chi connectivity index (χ2v) is 7.69. The lowest BCUT2D eigenvalue weighted by atomic mass is 10.2. The molecule has 1 fully saturated rings. The first-order valence-corrected chi connectivity index (χ1v) is 9.15. The normalized spacial score (nSPS) is 18.6. The second kappa shape index (κ2) is 6.36. The largest absolute Gasteiger partial charge is 0.326 e. The van der Waals surface area contributed by atoms with Crippen LogP contribution in [0.2, 0.25) is 5.02 Å². The zero-order chi connectivity index (χ0) is 15.8. The van der Waals surface area contributed by atoms with Gasteiger partial charge in [0.05, 0.1) is 18.0 Å². The summed E-state index contributed by atoms with van der Waals surface area (Å²) in [4.78, 5) is 9.93. The summed E-state index contributed by atoms with van der Waals surface area (Å²) in [5.74, 6) is 0. The number of halogens is 1. The summed E-state index contributed by atoms with van der Waals surface area (Å²) < 4.78 is 0. The maximum atomic E-state index is 6.27. The molecule has 2 aliphatic heterocycles. The molecule has 4 rings (SSSR count). The highest BCUT2D eigenvalue weighted by atomic mass is 35.5. The van der Waals surface area contributed by atoms with Gasteiger partial charge in [-0.05, 0) is 37.4 Å². The maximum absolute atomic E-state index is 6.27. The van der Waals surface area contributed by atoms with E-state index in [2.05, 4.69) is 58.1 Å². The van der Waals surface area contributed by atoms with Crippen LogP contribution in [0.5, 0.6) is 0 Å². The molecular formula is C18H20ClN3S. The average Bonchev–Trinajstić information content (AvgIpc) is 2.57. The van der Waals surface area contributed by atoms with E-state index < -0.39 is 0 Å². The number of rotatable bonds is 2. The highest BCUT2D eigenvalue weighted by Gasteiger charge is 2.26. The topological polar surface area (TPSA) is 9.72 Å². The first-order valence-electron chi connectivity index (χ1n) is 7.95. The molecule has 0 bridgehead atoms. The van der Waals surface area contributed by atoms with Crippen LogP contribution in [0.3, 0.4) is 0 Å². The molecule has 0 aliphatic carbocycles. The molecule has 0 amide bonds. The highest BCUT2D eigenvalue weighted by Crippen LogP contribution is 2.48. The van der Waals surface area contributed by atoms with E-state index in [9.17, 15) is 0 Å². The number of likely N-dealkylation sites (N-methyl/N-ethyl adjacent to an activating group) is 1. The van der Waals surface area contributed by atoms with Gasteiger partial charge in [-0.25, -0.2) is 0 Å². The number of anilines is 2. The summed E-state index contributed by atoms with van der Waals surface area (Å²) in [6, 6.07) is 14.9. The molecule has 1 saturated heterocycles. The van der Waals surface area contributed by atoms with Crippen LogP contribution in [0.1, 0.15) is 0 Å². The Morgan fingerprint density at radius 3 is 2.52 bits per heavy atom. The van der Waals surface area contributed by atoms with Gasteiger partial charge in [-0.2, -0.15) is 0 Å². The molecule has 2 aliphatic rings. The van der Waals surface area contributed by atoms with E-state index in [1.54, 1.807) is 0 Å². The molecule has 0 unspecified atom stereocenters. The van der Waals surface area contributed by atoms with Gasteiger partial charge in [0.15, 0.2) is 0 Å². The van der Waals surface area contributed by atoms with E-state index in [4.69, 9.17) is 11.6 Å². The Morgan fingerprint density at radius 1 is 0.957 bits per heavy atom. The van der Waals surface area contributed by atoms with E-state index >= 15 is 0 Å². The van der Waals surface area contributed by atoms with Crippen LogP contribution in [0, 0.1) is 0 Å². The molecular weight excluding hydrogens is 326 g/mol. The third kappa shape index (κ3) is 3.09. The minimum atomic E-state index is 0.798. The van der Waals surface area contributed by atoms with Gasteiger partial charge in [-0.1, -0.05) is 35.5 Å². The Kier molecular flexibility index (Phi) is 4.24. The van der Waals surface area contributed by atoms with Crippen molar-refractivity contribution in [2.24, 2.45) is 0 Å². The van der Waals surface area contributed by atoms with Crippen LogP contribution in [0.4, 0.5) is 11.4 Å². The Morgan fingerprint density at radius 2 is 1.70 bits per heavy atom. The third-order valence-electron chi connectivity index (χ3n) is 4.53. The number of fused-ring (bicyclic) bond motifs is 2. The third-order valence-corrected chi connectivity index (χ3v) is 5.89. The Balaban J connectivity index is 1.68. The fraction of sp³-hybridized carbons (Fsp3) is 0.333. The second-order valence-electron chi connectivity index (χ2n) is 6.17. The average molecular weight is 346 g/mol. The number of nitrogens with zero attached hydrogens (tertiary/aromatic N) is 3. The van der Waals surface area contributed by atoms with E-state index in [0.717, 1.165) is 37.9 Å². The quantitative estimate of drug-likeness (QED) is 0.808. The highest BCUT2D eigenvalue weighted by molar-refractivity contribution is 7.99. The summed E-state index contributed by atoms with van der Waals surface area (Å²) >= 11 is 8.11. The predicted octanol–water partition coefficient (Wildman–Crippen LogP) is 4.15. The predicted molar refractivity (Wildman–Crippen MR) is 98.1 cm³/mol. The maximum Gasteiger partial charge on any atom is 0.0758 e. The number of hydrogen-bond donors (Lipinski definition) is 0. The van der Waals surface area contributed by atoms with Crippen molar-refractivity contribution in [2.75, 3.05) is 44.8 Å². The fourth-order valence-electron chi connectivity index (χ4n) is 3.14. The van der Waals surface area contributed by atoms with Crippen molar-refractivity contribution in [1.29, 1.82) is 0 Å². The summed E-state index contributed by atoms with van der Waals surface area (Å²) in [6.45, 7) is 5.40. The molecule has 0 atom stereocenters. The SMILES string of the molecule is CN1CCN(CN2c3ccccc3Sc3ccc(Cl)cc32)CC1. The van der Waals surface area contributed by atoms with E-state index in [1.807, 2.05) is 17.8 Å². The number of piperazine rings is 1. The van der Waals surface area contributed by atoms with Gasteiger partial charge in [0.1, 0.15) is 0 Å². The van der Waals surface area contributed by atoms with Crippen molar-refractivity contribution in [1.82, 2.24) is 9.80 Å². The Hall–Kier alpha value is -1.20. The Bertz CT molecular complexity index is 713. The van der Waals surface area contributed by atoms with Crippen molar-refractivity contribution >= 4 is 34.7 Å². The summed E-state index contributed by atoms with van der Waals surface area (Å²) in [6.07, 6.45) is 0. The standard InChI is InChI=1S/C18H20ClN3S/c1-20-8-10-21(11-9-20)13-22-15-4-2-3-5-17(15)23-18-7-6-14(19)12-16(18)22/h2-7,12H,8-11,13H2,1H3. The molecule has 23 heavy (non-hydrogen) atoms. The van der Waals surface area contributed by atoms with E-state index in [0.29, 0.717) is 0 Å². The van der Waals surface area contributed by atoms with Gasteiger partial charge in [0.2, 0.25) is 0 Å². The van der Waals surface area contributed by atoms with Crippen LogP contribution < -0.4 is 4.90 Å². The van der Waals surface area contributed by atoms with Crippen molar-refractivity contribution in [3.63, 3.8) is 0 Å². The fourth-order valence-corrected chi connectivity index (χ4v) is 4.39. The van der Waals surface area contributed by atoms with Crippen LogP contribution in [0.25, 0.3) is 0 Å². The van der Waals surface area contributed by atoms with Crippen LogP contribution in [-0.4, -0.2) is 49.7 Å². The number of hydrogen-bond acceptors (Lipinski definition) is 4. The zero-order valence-corrected chi connectivity index (χ0v) is 14.8. The van der Waals surface area contributed by atoms with Crippen molar-refractivity contribution in [3.05, 3.63) is 47.5 Å². The van der Waals surface area contributed by atoms with Gasteiger partial charge in [0.25, 0.3) is 0 Å². The Labute approximate surface area is 146 Å². The first kappa shape index (κ1) is 15.3. The molecule has 0 saturated carbocycles. The first-order chi connectivity index (χ1) is 11.2. The van der Waals surface area contributed by atoms with E-state index in [1.165, 1.54) is 21.2 Å². The molecule has 2 heterocycles. The summed E-state index contributed by atoms with van der Waals surface area (Å²) in [5, 5.41) is 0.798. The molecule has 0 N–H and O–H groups in total. The number of para-hydroxylation sites is 1. The minimum Gasteiger partial charge on any atom is -0.326 e. The molecule has 2 aromatic carbocycles. The lowest BCUT2D eigenvalue weighted by molar-refractivity contribution is 0.157. The lowest BCUT2D eigenvalue weighted by Crippen LogP contribution is -2.48. The van der Waals surface area contributed by atoms with Crippen LogP contribution in [0.15, 0.2) is 52.3 Å². The molecule has 5 heteroatoms. The van der Waals surface area contributed by atoms with Gasteiger partial charge in [0, 0.05) is 41.0 Å². The molecule has 120 valence electrons. The van der Waals surface area contributed by atoms with Gasteiger partial charge in [-0.3, -0.25) is 4.90 Å². The summed E-state index contributed by atoms with van der Waals surface area (Å²) in [7, 11) is 2.19. The number of benzene rings is 2. The van der Waals surface area contributed by atoms with Crippen LogP contribution in [-0.2, 0) is 0 Å². The molecule has 0 aromatic heterocycles. The lowest BCUT2D eigenvalue weighted by Gasteiger charge is -2.39. The molecule has 3 nitrogen and oxygen atoms in total. The van der Waals surface area contributed by atoms with Crippen molar-refractivity contribution < 1.29 is 0 Å². The van der Waals surface area contributed by atoms with E-state index in [-0.39, 0.29) is 0 Å². The smallest absolute Gasteiger partial charge is 0.0758 e. The summed E-state index contributed by atoms with van der Waals surface area (Å²) in [5.41, 5.74) is 2.51. The molecule has 0 spiro atoms. The van der Waals surface area contributed by atoms with Gasteiger partial charge < -0.3 is 9.80 Å². The van der Waals surface area contributed by atoms with Crippen molar-refractivity contribution in [2.45, 2.75) is 9.79 Å². The molecule has 2 aromatic rings. The van der Waals surface area contributed by atoms with Crippen LogP contribution >= 0.6 is 23.4 Å². The van der Waals surface area contributed by atoms with Gasteiger partial charge >= 0.3 is 0 Å². The van der Waals surface area contributed by atoms with Crippen molar-refractivity contribution in [3.8, 4) is 0 Å². The zero-order valence-electron chi connectivity index (χ0n) is 13.2. The minimum absolute atomic E-state index is 0.798. The van der Waals surface area contributed by atoms with Gasteiger partial charge in [-0.15, -0.1) is 0 Å².